The monoisotopic (exact) mass is 233 g/mol. The molecule has 0 saturated carbocycles. The predicted octanol–water partition coefficient (Wildman–Crippen LogP) is 1.75. The maximum absolute atomic E-state index is 11.8. The summed E-state index contributed by atoms with van der Waals surface area (Å²) >= 11 is 0. The van der Waals surface area contributed by atoms with Gasteiger partial charge < -0.3 is 10.2 Å². The molecule has 1 aliphatic rings. The zero-order valence-electron chi connectivity index (χ0n) is 10.2. The summed E-state index contributed by atoms with van der Waals surface area (Å²) in [5.41, 5.74) is 0.783. The third-order valence-corrected chi connectivity index (χ3v) is 3.26. The number of aromatic nitrogens is 1. The van der Waals surface area contributed by atoms with E-state index in [1.165, 1.54) is 0 Å². The van der Waals surface area contributed by atoms with Gasteiger partial charge in [-0.15, -0.1) is 0 Å². The van der Waals surface area contributed by atoms with Crippen LogP contribution in [-0.2, 0) is 4.79 Å². The summed E-state index contributed by atoms with van der Waals surface area (Å²) in [6.07, 6.45) is 6.25. The van der Waals surface area contributed by atoms with E-state index in [9.17, 15) is 4.79 Å². The van der Waals surface area contributed by atoms with E-state index in [4.69, 9.17) is 0 Å². The fourth-order valence-corrected chi connectivity index (χ4v) is 2.18. The molecule has 17 heavy (non-hydrogen) atoms. The minimum atomic E-state index is 0.104. The highest BCUT2D eigenvalue weighted by Crippen LogP contribution is 2.20. The number of hydrogen-bond donors (Lipinski definition) is 1. The van der Waals surface area contributed by atoms with Gasteiger partial charge in [-0.05, 0) is 51.0 Å². The van der Waals surface area contributed by atoms with E-state index >= 15 is 0 Å². The molecule has 92 valence electrons. The Bertz CT molecular complexity index is 358. The van der Waals surface area contributed by atoms with Crippen molar-refractivity contribution in [2.24, 2.45) is 5.92 Å². The molecule has 0 bridgehead atoms. The first-order valence-electron chi connectivity index (χ1n) is 6.12. The molecule has 1 aromatic rings. The second-order valence-electron chi connectivity index (χ2n) is 4.74. The fraction of sp³-hybridized carbons (Fsp3) is 0.538. The van der Waals surface area contributed by atoms with Gasteiger partial charge in [-0.2, -0.15) is 0 Å². The molecule has 1 saturated heterocycles. The number of carbonyl (C=O) groups is 1. The number of pyridine rings is 1. The number of piperidine rings is 1. The van der Waals surface area contributed by atoms with Crippen molar-refractivity contribution < 1.29 is 4.79 Å². The summed E-state index contributed by atoms with van der Waals surface area (Å²) in [7, 11) is 2.13. The van der Waals surface area contributed by atoms with Gasteiger partial charge in [0.2, 0.25) is 5.91 Å². The van der Waals surface area contributed by atoms with Gasteiger partial charge in [-0.25, -0.2) is 0 Å². The van der Waals surface area contributed by atoms with Crippen LogP contribution in [0.15, 0.2) is 24.5 Å². The standard InChI is InChI=1S/C13H19N3O/c1-16-7-4-11(5-8-16)9-13(17)15-12-3-2-6-14-10-12/h2-3,6,10-11H,4-5,7-9H2,1H3,(H,15,17). The molecular formula is C13H19N3O. The Balaban J connectivity index is 1.78. The number of carbonyl (C=O) groups excluding carboxylic acids is 1. The molecule has 0 unspecified atom stereocenters. The minimum absolute atomic E-state index is 0.104. The van der Waals surface area contributed by atoms with E-state index in [-0.39, 0.29) is 5.91 Å². The molecule has 0 aromatic carbocycles. The van der Waals surface area contributed by atoms with Crippen LogP contribution >= 0.6 is 0 Å². The quantitative estimate of drug-likeness (QED) is 0.865. The summed E-state index contributed by atoms with van der Waals surface area (Å²) in [6, 6.07) is 3.69. The second-order valence-corrected chi connectivity index (χ2v) is 4.74. The molecule has 4 heteroatoms. The van der Waals surface area contributed by atoms with Crippen molar-refractivity contribution in [2.45, 2.75) is 19.3 Å². The van der Waals surface area contributed by atoms with Crippen LogP contribution in [0, 0.1) is 5.92 Å². The lowest BCUT2D eigenvalue weighted by molar-refractivity contribution is -0.117. The van der Waals surface area contributed by atoms with Crippen LogP contribution in [0.3, 0.4) is 0 Å². The van der Waals surface area contributed by atoms with Crippen LogP contribution in [0.25, 0.3) is 0 Å². The molecule has 4 nitrogen and oxygen atoms in total. The summed E-state index contributed by atoms with van der Waals surface area (Å²) in [5.74, 6) is 0.635. The van der Waals surface area contributed by atoms with Crippen molar-refractivity contribution in [1.29, 1.82) is 0 Å². The van der Waals surface area contributed by atoms with Gasteiger partial charge in [0, 0.05) is 12.6 Å². The first kappa shape index (κ1) is 12.0. The van der Waals surface area contributed by atoms with Crippen molar-refractivity contribution >= 4 is 11.6 Å². The lowest BCUT2D eigenvalue weighted by atomic mass is 9.93. The van der Waals surface area contributed by atoms with Crippen LogP contribution < -0.4 is 5.32 Å². The van der Waals surface area contributed by atoms with Gasteiger partial charge in [-0.1, -0.05) is 0 Å². The third-order valence-electron chi connectivity index (χ3n) is 3.26. The van der Waals surface area contributed by atoms with E-state index in [1.807, 2.05) is 12.1 Å². The zero-order chi connectivity index (χ0) is 12.1. The maximum Gasteiger partial charge on any atom is 0.224 e. The van der Waals surface area contributed by atoms with Crippen molar-refractivity contribution in [3.63, 3.8) is 0 Å². The normalized spacial score (nSPS) is 17.9. The van der Waals surface area contributed by atoms with Gasteiger partial charge in [0.15, 0.2) is 0 Å². The molecule has 1 N–H and O–H groups in total. The average Bonchev–Trinajstić information content (AvgIpc) is 2.33. The summed E-state index contributed by atoms with van der Waals surface area (Å²) < 4.78 is 0. The lowest BCUT2D eigenvalue weighted by Crippen LogP contribution is -2.31. The zero-order valence-corrected chi connectivity index (χ0v) is 10.2. The van der Waals surface area contributed by atoms with Crippen molar-refractivity contribution in [1.82, 2.24) is 9.88 Å². The van der Waals surface area contributed by atoms with Gasteiger partial charge in [0.1, 0.15) is 0 Å². The maximum atomic E-state index is 11.8. The molecule has 1 fully saturated rings. The summed E-state index contributed by atoms with van der Waals surface area (Å²) in [5, 5.41) is 2.89. The second kappa shape index (κ2) is 5.77. The van der Waals surface area contributed by atoms with Gasteiger partial charge in [0.25, 0.3) is 0 Å². The molecule has 1 aromatic heterocycles. The Labute approximate surface area is 102 Å². The Kier molecular flexibility index (Phi) is 4.09. The molecule has 2 heterocycles. The molecule has 2 rings (SSSR count). The highest BCUT2D eigenvalue weighted by atomic mass is 16.1. The number of nitrogens with zero attached hydrogens (tertiary/aromatic N) is 2. The van der Waals surface area contributed by atoms with E-state index in [0.717, 1.165) is 31.6 Å². The van der Waals surface area contributed by atoms with Crippen LogP contribution in [0.5, 0.6) is 0 Å². The smallest absolute Gasteiger partial charge is 0.224 e. The van der Waals surface area contributed by atoms with E-state index < -0.39 is 0 Å². The summed E-state index contributed by atoms with van der Waals surface area (Å²) in [4.78, 5) is 18.1. The van der Waals surface area contributed by atoms with Gasteiger partial charge in [-0.3, -0.25) is 9.78 Å². The van der Waals surface area contributed by atoms with E-state index in [1.54, 1.807) is 12.4 Å². The third kappa shape index (κ3) is 3.82. The van der Waals surface area contributed by atoms with E-state index in [0.29, 0.717) is 12.3 Å². The van der Waals surface area contributed by atoms with Crippen molar-refractivity contribution in [3.8, 4) is 0 Å². The number of anilines is 1. The molecule has 0 aliphatic carbocycles. The highest BCUT2D eigenvalue weighted by molar-refractivity contribution is 5.90. The number of rotatable bonds is 3. The average molecular weight is 233 g/mol. The number of hydrogen-bond acceptors (Lipinski definition) is 3. The van der Waals surface area contributed by atoms with Crippen LogP contribution in [0.4, 0.5) is 5.69 Å². The number of amides is 1. The van der Waals surface area contributed by atoms with Crippen molar-refractivity contribution in [2.75, 3.05) is 25.5 Å². The Morgan fingerprint density at radius 1 is 1.53 bits per heavy atom. The first-order chi connectivity index (χ1) is 8.24. The van der Waals surface area contributed by atoms with Gasteiger partial charge >= 0.3 is 0 Å². The topological polar surface area (TPSA) is 45.2 Å². The minimum Gasteiger partial charge on any atom is -0.325 e. The van der Waals surface area contributed by atoms with E-state index in [2.05, 4.69) is 22.2 Å². The Hall–Kier alpha value is -1.42. The number of nitrogens with one attached hydrogen (secondary N) is 1. The molecule has 0 radical (unpaired) electrons. The largest absolute Gasteiger partial charge is 0.325 e. The fourth-order valence-electron chi connectivity index (χ4n) is 2.18. The highest BCUT2D eigenvalue weighted by Gasteiger charge is 2.19. The molecule has 0 spiro atoms. The predicted molar refractivity (Wildman–Crippen MR) is 67.7 cm³/mol. The Morgan fingerprint density at radius 2 is 2.29 bits per heavy atom. The van der Waals surface area contributed by atoms with Gasteiger partial charge in [0.05, 0.1) is 11.9 Å². The molecule has 1 aliphatic heterocycles. The number of likely N-dealkylation sites (tertiary alicyclic amines) is 1. The SMILES string of the molecule is CN1CCC(CC(=O)Nc2cccnc2)CC1. The van der Waals surface area contributed by atoms with Crippen LogP contribution in [0.1, 0.15) is 19.3 Å². The molecule has 1 amide bonds. The lowest BCUT2D eigenvalue weighted by Gasteiger charge is -2.28. The molecule has 0 atom stereocenters. The van der Waals surface area contributed by atoms with Crippen LogP contribution in [0.2, 0.25) is 0 Å². The Morgan fingerprint density at radius 3 is 2.94 bits per heavy atom. The first-order valence-corrected chi connectivity index (χ1v) is 6.12. The summed E-state index contributed by atoms with van der Waals surface area (Å²) in [6.45, 7) is 2.20. The molecular weight excluding hydrogens is 214 g/mol. The van der Waals surface area contributed by atoms with Crippen molar-refractivity contribution in [3.05, 3.63) is 24.5 Å². The van der Waals surface area contributed by atoms with Crippen LogP contribution in [-0.4, -0.2) is 35.9 Å².